The Balaban J connectivity index is 1.39. The first-order valence-corrected chi connectivity index (χ1v) is 24.7. The molecule has 0 spiro atoms. The van der Waals surface area contributed by atoms with E-state index in [-0.39, 0.29) is 37.2 Å². The number of fused-ring (bicyclic) bond motifs is 2. The molecule has 6 rings (SSSR count). The number of likely N-dealkylation sites (N-methyl/N-ethyl adjacent to an activating group) is 1. The average Bonchev–Trinajstić information content (AvgIpc) is 3.58. The van der Waals surface area contributed by atoms with Crippen LogP contribution < -0.4 is 0 Å². The van der Waals surface area contributed by atoms with Crippen LogP contribution in [0.25, 0.3) is 10.8 Å². The summed E-state index contributed by atoms with van der Waals surface area (Å²) in [7, 11) is 3.48. The van der Waals surface area contributed by atoms with Crippen LogP contribution in [0.2, 0.25) is 0 Å². The molecule has 3 saturated heterocycles. The number of methoxy groups -OCH3 is 1. The minimum Gasteiger partial charge on any atom is -0.461 e. The van der Waals surface area contributed by atoms with Gasteiger partial charge in [0.15, 0.2) is 11.4 Å². The van der Waals surface area contributed by atoms with Gasteiger partial charge in [-0.2, -0.15) is 0 Å². The van der Waals surface area contributed by atoms with Crippen LogP contribution in [0.15, 0.2) is 61.1 Å². The van der Waals surface area contributed by atoms with Gasteiger partial charge >= 0.3 is 18.0 Å². The topological polar surface area (TPSA) is 176 Å². The molecule has 68 heavy (non-hydrogen) atoms. The maximum absolute atomic E-state index is 15.1. The number of aliphatic hydroxyl groups excluding tert-OH is 1. The normalized spacial score (nSPS) is 35.1. The molecule has 0 radical (unpaired) electrons. The van der Waals surface area contributed by atoms with Crippen molar-refractivity contribution in [2.45, 2.75) is 174 Å². The number of Topliss-reactive ketones (excluding diaryl/α,β-unsaturated/α-hetero) is 1. The average molecular weight is 945 g/mol. The molecule has 2 aromatic heterocycles. The smallest absolute Gasteiger partial charge is 0.410 e. The van der Waals surface area contributed by atoms with Gasteiger partial charge in [-0.15, -0.1) is 0 Å². The number of aromatic nitrogens is 2. The number of unbranched alkanes of at least 4 members (excludes halogenated alkanes) is 1. The van der Waals surface area contributed by atoms with Crippen molar-refractivity contribution in [3.63, 3.8) is 0 Å². The number of aliphatic hydroxyl groups is 1. The van der Waals surface area contributed by atoms with E-state index in [4.69, 9.17) is 28.4 Å². The summed E-state index contributed by atoms with van der Waals surface area (Å²) in [5.41, 5.74) is -1.09. The van der Waals surface area contributed by atoms with Gasteiger partial charge in [-0.1, -0.05) is 58.9 Å². The van der Waals surface area contributed by atoms with E-state index in [1.165, 1.54) is 12.7 Å². The summed E-state index contributed by atoms with van der Waals surface area (Å²) in [5, 5.41) is 14.3. The van der Waals surface area contributed by atoms with Crippen LogP contribution in [0.1, 0.15) is 113 Å². The number of cyclic esters (lactones) is 1. The van der Waals surface area contributed by atoms with E-state index in [1.807, 2.05) is 79.9 Å². The number of nitrogens with zero attached hydrogens (tertiary/aromatic N) is 4. The zero-order valence-corrected chi connectivity index (χ0v) is 42.3. The molecule has 15 nitrogen and oxygen atoms in total. The summed E-state index contributed by atoms with van der Waals surface area (Å²) in [4.78, 5) is 70.4. The number of amides is 1. The largest absolute Gasteiger partial charge is 0.461 e. The minimum absolute atomic E-state index is 0.116. The van der Waals surface area contributed by atoms with Crippen LogP contribution in [0.3, 0.4) is 0 Å². The number of rotatable bonds is 14. The van der Waals surface area contributed by atoms with Crippen LogP contribution in [-0.2, 0) is 55.6 Å². The quantitative estimate of drug-likeness (QED) is 0.0954. The number of hydrogen-bond acceptors (Lipinski definition) is 14. The molecule has 3 aromatic rings. The van der Waals surface area contributed by atoms with Crippen molar-refractivity contribution in [3.05, 3.63) is 72.3 Å². The first-order valence-electron chi connectivity index (χ1n) is 24.7. The van der Waals surface area contributed by atoms with Gasteiger partial charge in [0.05, 0.1) is 41.9 Å². The Hall–Kier alpha value is -4.54. The van der Waals surface area contributed by atoms with Crippen molar-refractivity contribution in [1.82, 2.24) is 19.8 Å². The lowest BCUT2D eigenvalue weighted by Crippen LogP contribution is -2.65. The van der Waals surface area contributed by atoms with E-state index >= 15 is 4.79 Å². The Morgan fingerprint density at radius 2 is 1.72 bits per heavy atom. The molecular weight excluding hydrogens is 869 g/mol. The highest BCUT2D eigenvalue weighted by atomic mass is 16.7. The number of pyridine rings is 2. The summed E-state index contributed by atoms with van der Waals surface area (Å²) < 4.78 is 39.2. The van der Waals surface area contributed by atoms with E-state index in [1.54, 1.807) is 56.3 Å². The SMILES string of the molecule is CC[C@H]1OC(=O)[C@H](C)C(OC(=O)Cc2ccccn2)[C@H](C)[C@@H](O[C@]2(C)O[C@H](C)C[C@H](N(C)CC)[C@H]2O)[C@](C)(OC)C[C@@H](C)C(=O)[C@H](C)[C@H]2N(CCCCc3cccc4cnccc34)C(=O)O[C@]12C. The van der Waals surface area contributed by atoms with Gasteiger partial charge < -0.3 is 43.3 Å². The van der Waals surface area contributed by atoms with Gasteiger partial charge in [-0.25, -0.2) is 4.79 Å². The van der Waals surface area contributed by atoms with Gasteiger partial charge in [0.2, 0.25) is 0 Å². The van der Waals surface area contributed by atoms with E-state index in [0.717, 1.165) is 23.6 Å². The van der Waals surface area contributed by atoms with Crippen molar-refractivity contribution < 1.29 is 52.7 Å². The zero-order valence-electron chi connectivity index (χ0n) is 42.3. The van der Waals surface area contributed by atoms with Crippen molar-refractivity contribution in [2.24, 2.45) is 23.7 Å². The maximum atomic E-state index is 15.1. The summed E-state index contributed by atoms with van der Waals surface area (Å²) in [6.45, 7) is 19.2. The van der Waals surface area contributed by atoms with E-state index in [9.17, 15) is 19.5 Å². The number of esters is 2. The van der Waals surface area contributed by atoms with Gasteiger partial charge in [0, 0.05) is 61.4 Å². The molecule has 3 aliphatic heterocycles. The Bertz CT molecular complexity index is 2210. The molecule has 0 saturated carbocycles. The lowest BCUT2D eigenvalue weighted by molar-refractivity contribution is -0.359. The maximum Gasteiger partial charge on any atom is 0.410 e. The highest BCUT2D eigenvalue weighted by Gasteiger charge is 2.61. The fourth-order valence-electron chi connectivity index (χ4n) is 11.4. The fourth-order valence-corrected chi connectivity index (χ4v) is 11.4. The molecular formula is C53H76N4O11. The molecule has 1 unspecified atom stereocenters. The number of ketones is 1. The molecule has 1 aromatic carbocycles. The number of benzene rings is 1. The van der Waals surface area contributed by atoms with Crippen molar-refractivity contribution >= 4 is 34.6 Å². The molecule has 0 bridgehead atoms. The van der Waals surface area contributed by atoms with Crippen molar-refractivity contribution in [2.75, 3.05) is 27.2 Å². The van der Waals surface area contributed by atoms with Crippen LogP contribution in [0, 0.1) is 23.7 Å². The Morgan fingerprint density at radius 1 is 0.971 bits per heavy atom. The Morgan fingerprint density at radius 3 is 2.40 bits per heavy atom. The third kappa shape index (κ3) is 11.1. The summed E-state index contributed by atoms with van der Waals surface area (Å²) >= 11 is 0. The van der Waals surface area contributed by atoms with Crippen molar-refractivity contribution in [1.29, 1.82) is 0 Å². The summed E-state index contributed by atoms with van der Waals surface area (Å²) in [6.07, 6.45) is 2.86. The number of hydrogen-bond donors (Lipinski definition) is 1. The minimum atomic E-state index is -1.61. The number of carbonyl (C=O) groups excluding carboxylic acids is 4. The molecule has 374 valence electrons. The predicted octanol–water partition coefficient (Wildman–Crippen LogP) is 7.52. The molecule has 1 amide bonds. The standard InChI is InChI=1S/C53H76N4O11/c1-13-42-52(9)46(57(50(62)68-52)27-18-16-20-37-21-19-22-38-31-54-26-24-40(37)38)34(5)44(59)32(3)30-51(8,63-12)48(67-53(10)47(60)41(56(11)14-2)28-33(4)66-53)35(6)45(36(7)49(61)64-42)65-43(58)29-39-23-15-17-25-55-39/h15,17,19,21-26,31-36,41-42,45-48,60H,13-14,16,18,20,27-30H2,1-12H3/t32-,33-,34+,35+,36-,41+,42-,45?,46-,47-,48-,51-,52-,53+/m1/s1. The fraction of sp³-hybridized carbons (Fsp3) is 0.660. The molecule has 14 atom stereocenters. The lowest BCUT2D eigenvalue weighted by atomic mass is 9.73. The third-order valence-corrected chi connectivity index (χ3v) is 15.3. The molecule has 3 fully saturated rings. The highest BCUT2D eigenvalue weighted by Crippen LogP contribution is 2.45. The van der Waals surface area contributed by atoms with Crippen molar-refractivity contribution in [3.8, 4) is 0 Å². The molecule has 0 aliphatic carbocycles. The predicted molar refractivity (Wildman–Crippen MR) is 256 cm³/mol. The van der Waals surface area contributed by atoms with E-state index in [0.29, 0.717) is 31.6 Å². The van der Waals surface area contributed by atoms with E-state index < -0.39 is 89.2 Å². The van der Waals surface area contributed by atoms with Gasteiger partial charge in [-0.3, -0.25) is 24.4 Å². The van der Waals surface area contributed by atoms with Gasteiger partial charge in [-0.05, 0) is 116 Å². The number of carbonyl (C=O) groups is 4. The molecule has 1 N–H and O–H groups in total. The second kappa shape index (κ2) is 22.0. The lowest BCUT2D eigenvalue weighted by Gasteiger charge is -2.52. The van der Waals surface area contributed by atoms with Crippen LogP contribution >= 0.6 is 0 Å². The van der Waals surface area contributed by atoms with Crippen LogP contribution in [0.5, 0.6) is 0 Å². The number of ether oxygens (including phenoxy) is 6. The highest BCUT2D eigenvalue weighted by molar-refractivity contribution is 5.86. The van der Waals surface area contributed by atoms with E-state index in [2.05, 4.69) is 20.9 Å². The van der Waals surface area contributed by atoms with Gasteiger partial charge in [0.25, 0.3) is 0 Å². The second-order valence-electron chi connectivity index (χ2n) is 20.2. The molecule has 15 heteroatoms. The van der Waals surface area contributed by atoms with Crippen LogP contribution in [-0.4, -0.2) is 136 Å². The first kappa shape index (κ1) is 52.8. The summed E-state index contributed by atoms with van der Waals surface area (Å²) in [6, 6.07) is 12.3. The Labute approximate surface area is 402 Å². The second-order valence-corrected chi connectivity index (χ2v) is 20.2. The third-order valence-electron chi connectivity index (χ3n) is 15.3. The van der Waals surface area contributed by atoms with Crippen LogP contribution in [0.4, 0.5) is 4.79 Å². The monoisotopic (exact) mass is 945 g/mol. The molecule has 5 heterocycles. The summed E-state index contributed by atoms with van der Waals surface area (Å²) in [5.74, 6) is -6.46. The van der Waals surface area contributed by atoms with Gasteiger partial charge in [0.1, 0.15) is 24.1 Å². The number of aryl methyl sites for hydroxylation is 1. The first-order chi connectivity index (χ1) is 32.2. The zero-order chi connectivity index (χ0) is 49.7. The molecule has 3 aliphatic rings. The Kier molecular flexibility index (Phi) is 17.1.